The van der Waals surface area contributed by atoms with Crippen LogP contribution in [0.1, 0.15) is 10.4 Å². The molecule has 2 aromatic rings. The smallest absolute Gasteiger partial charge is 0.227 e. The number of hydrogen-bond acceptors (Lipinski definition) is 4. The minimum absolute atomic E-state index is 0.188. The third-order valence-electron chi connectivity index (χ3n) is 1.42. The molecular weight excluding hydrogens is 180 g/mol. The minimum atomic E-state index is 0.188. The largest absolute Gasteiger partial charge is 0.298 e. The average molecular weight is 183 g/mol. The molecule has 0 aromatic carbocycles. The Balaban J connectivity index is 2.88. The molecule has 0 N–H and O–H groups in total. The highest BCUT2D eigenvalue weighted by Gasteiger charge is 2.06. The summed E-state index contributed by atoms with van der Waals surface area (Å²) in [5.74, 6) is 0. The second kappa shape index (κ2) is 2.53. The lowest BCUT2D eigenvalue weighted by Gasteiger charge is -1.92. The topological polar surface area (TPSA) is 60.2 Å². The van der Waals surface area contributed by atoms with Gasteiger partial charge in [0.2, 0.25) is 5.28 Å². The van der Waals surface area contributed by atoms with Crippen molar-refractivity contribution in [2.24, 2.45) is 0 Å². The minimum Gasteiger partial charge on any atom is -0.298 e. The van der Waals surface area contributed by atoms with E-state index in [-0.39, 0.29) is 5.28 Å². The van der Waals surface area contributed by atoms with Crippen molar-refractivity contribution in [1.29, 1.82) is 0 Å². The molecule has 0 bridgehead atoms. The van der Waals surface area contributed by atoms with Crippen LogP contribution in [0.4, 0.5) is 0 Å². The molecule has 0 radical (unpaired) electrons. The monoisotopic (exact) mass is 182 g/mol. The van der Waals surface area contributed by atoms with Crippen LogP contribution in [0.3, 0.4) is 0 Å². The standard InChI is InChI=1S/C6H3ClN4O/c7-6-9-3-8-5-4(2-12)1-10-11(5)6/h1-3H. The number of fused-ring (bicyclic) bond motifs is 1. The Bertz CT molecular complexity index is 438. The van der Waals surface area contributed by atoms with E-state index >= 15 is 0 Å². The van der Waals surface area contributed by atoms with Gasteiger partial charge in [-0.05, 0) is 11.6 Å². The Kier molecular flexibility index (Phi) is 1.51. The zero-order valence-corrected chi connectivity index (χ0v) is 6.56. The SMILES string of the molecule is O=Cc1cnn2c(Cl)ncnc12. The Morgan fingerprint density at radius 1 is 1.50 bits per heavy atom. The average Bonchev–Trinajstić information content (AvgIpc) is 2.49. The number of halogens is 1. The summed E-state index contributed by atoms with van der Waals surface area (Å²) >= 11 is 5.66. The quantitative estimate of drug-likeness (QED) is 0.606. The van der Waals surface area contributed by atoms with E-state index in [1.807, 2.05) is 0 Å². The van der Waals surface area contributed by atoms with Gasteiger partial charge in [-0.25, -0.2) is 9.97 Å². The Hall–Kier alpha value is -1.49. The highest BCUT2D eigenvalue weighted by atomic mass is 35.5. The Morgan fingerprint density at radius 2 is 2.33 bits per heavy atom. The maximum absolute atomic E-state index is 10.4. The van der Waals surface area contributed by atoms with Gasteiger partial charge in [0.1, 0.15) is 6.33 Å². The molecule has 5 nitrogen and oxygen atoms in total. The van der Waals surface area contributed by atoms with E-state index in [2.05, 4.69) is 15.1 Å². The van der Waals surface area contributed by atoms with Gasteiger partial charge < -0.3 is 0 Å². The van der Waals surface area contributed by atoms with Gasteiger partial charge in [0, 0.05) is 0 Å². The van der Waals surface area contributed by atoms with Gasteiger partial charge in [-0.2, -0.15) is 9.61 Å². The van der Waals surface area contributed by atoms with Crippen molar-refractivity contribution < 1.29 is 4.79 Å². The van der Waals surface area contributed by atoms with E-state index in [1.165, 1.54) is 17.0 Å². The summed E-state index contributed by atoms with van der Waals surface area (Å²) in [4.78, 5) is 18.0. The fraction of sp³-hybridized carbons (Fsp3) is 0. The molecule has 0 fully saturated rings. The van der Waals surface area contributed by atoms with E-state index in [0.29, 0.717) is 17.5 Å². The lowest BCUT2D eigenvalue weighted by molar-refractivity contribution is 0.112. The molecule has 2 rings (SSSR count). The van der Waals surface area contributed by atoms with E-state index < -0.39 is 0 Å². The molecule has 60 valence electrons. The molecule has 0 saturated carbocycles. The van der Waals surface area contributed by atoms with E-state index in [4.69, 9.17) is 11.6 Å². The van der Waals surface area contributed by atoms with Crippen molar-refractivity contribution in [3.05, 3.63) is 23.4 Å². The summed E-state index contributed by atoms with van der Waals surface area (Å²) in [6.07, 6.45) is 3.35. The predicted octanol–water partition coefficient (Wildman–Crippen LogP) is 0.590. The van der Waals surface area contributed by atoms with Crippen molar-refractivity contribution in [1.82, 2.24) is 19.6 Å². The summed E-state index contributed by atoms with van der Waals surface area (Å²) in [5.41, 5.74) is 0.823. The molecule has 0 saturated heterocycles. The first kappa shape index (κ1) is 7.17. The van der Waals surface area contributed by atoms with Crippen LogP contribution in [0.15, 0.2) is 12.5 Å². The van der Waals surface area contributed by atoms with Crippen LogP contribution in [0, 0.1) is 0 Å². The zero-order chi connectivity index (χ0) is 8.55. The van der Waals surface area contributed by atoms with Crippen molar-refractivity contribution in [3.8, 4) is 0 Å². The lowest BCUT2D eigenvalue weighted by Crippen LogP contribution is -1.94. The van der Waals surface area contributed by atoms with Crippen LogP contribution in [0.25, 0.3) is 5.65 Å². The first-order valence-electron chi connectivity index (χ1n) is 3.12. The van der Waals surface area contributed by atoms with Crippen LogP contribution < -0.4 is 0 Å². The van der Waals surface area contributed by atoms with Crippen molar-refractivity contribution in [3.63, 3.8) is 0 Å². The van der Waals surface area contributed by atoms with Gasteiger partial charge in [0.25, 0.3) is 0 Å². The molecule has 0 aliphatic rings. The first-order chi connectivity index (χ1) is 5.83. The van der Waals surface area contributed by atoms with Crippen LogP contribution >= 0.6 is 11.6 Å². The molecule has 2 aromatic heterocycles. The third kappa shape index (κ3) is 0.868. The molecule has 0 unspecified atom stereocenters. The Labute approximate surface area is 72.0 Å². The predicted molar refractivity (Wildman–Crippen MR) is 41.2 cm³/mol. The lowest BCUT2D eigenvalue weighted by atomic mass is 10.4. The fourth-order valence-electron chi connectivity index (χ4n) is 0.888. The number of nitrogens with zero attached hydrogens (tertiary/aromatic N) is 4. The van der Waals surface area contributed by atoms with Crippen molar-refractivity contribution in [2.75, 3.05) is 0 Å². The number of carbonyl (C=O) groups is 1. The van der Waals surface area contributed by atoms with Gasteiger partial charge in [-0.1, -0.05) is 0 Å². The highest BCUT2D eigenvalue weighted by molar-refractivity contribution is 6.28. The van der Waals surface area contributed by atoms with Crippen LogP contribution in [-0.4, -0.2) is 25.9 Å². The van der Waals surface area contributed by atoms with E-state index in [0.717, 1.165) is 0 Å². The first-order valence-corrected chi connectivity index (χ1v) is 3.50. The number of carbonyl (C=O) groups excluding carboxylic acids is 1. The number of aromatic nitrogens is 4. The maximum Gasteiger partial charge on any atom is 0.227 e. The molecule has 12 heavy (non-hydrogen) atoms. The van der Waals surface area contributed by atoms with Crippen molar-refractivity contribution in [2.45, 2.75) is 0 Å². The van der Waals surface area contributed by atoms with E-state index in [1.54, 1.807) is 0 Å². The van der Waals surface area contributed by atoms with Gasteiger partial charge in [-0.3, -0.25) is 4.79 Å². The van der Waals surface area contributed by atoms with Crippen molar-refractivity contribution >= 4 is 23.5 Å². The van der Waals surface area contributed by atoms with Crippen LogP contribution in [0.2, 0.25) is 5.28 Å². The van der Waals surface area contributed by atoms with Gasteiger partial charge >= 0.3 is 0 Å². The summed E-state index contributed by atoms with van der Waals surface area (Å²) in [6, 6.07) is 0. The Morgan fingerprint density at radius 3 is 3.08 bits per heavy atom. The second-order valence-electron chi connectivity index (χ2n) is 2.10. The van der Waals surface area contributed by atoms with Crippen LogP contribution in [-0.2, 0) is 0 Å². The maximum atomic E-state index is 10.4. The molecule has 2 heterocycles. The summed E-state index contributed by atoms with van der Waals surface area (Å²) < 4.78 is 1.30. The number of hydrogen-bond donors (Lipinski definition) is 0. The molecular formula is C6H3ClN4O. The normalized spacial score (nSPS) is 10.4. The zero-order valence-electron chi connectivity index (χ0n) is 5.81. The molecule has 0 amide bonds. The molecule has 0 atom stereocenters. The number of aldehydes is 1. The summed E-state index contributed by atoms with van der Waals surface area (Å²) in [6.45, 7) is 0. The van der Waals surface area contributed by atoms with Crippen LogP contribution in [0.5, 0.6) is 0 Å². The van der Waals surface area contributed by atoms with Gasteiger partial charge in [0.05, 0.1) is 11.8 Å². The second-order valence-corrected chi connectivity index (χ2v) is 2.43. The van der Waals surface area contributed by atoms with E-state index in [9.17, 15) is 4.79 Å². The van der Waals surface area contributed by atoms with Gasteiger partial charge in [-0.15, -0.1) is 0 Å². The highest BCUT2D eigenvalue weighted by Crippen LogP contribution is 2.08. The number of rotatable bonds is 1. The summed E-state index contributed by atoms with van der Waals surface area (Å²) in [7, 11) is 0. The summed E-state index contributed by atoms with van der Waals surface area (Å²) in [5, 5.41) is 4.01. The molecule has 6 heteroatoms. The van der Waals surface area contributed by atoms with Gasteiger partial charge in [0.15, 0.2) is 11.9 Å². The molecule has 0 aliphatic carbocycles. The molecule has 0 spiro atoms. The molecule has 0 aliphatic heterocycles. The third-order valence-corrected chi connectivity index (χ3v) is 1.67. The fourth-order valence-corrected chi connectivity index (χ4v) is 1.06.